The molecule has 0 bridgehead atoms. The van der Waals surface area contributed by atoms with Gasteiger partial charge in [-0.05, 0) is 26.8 Å². The van der Waals surface area contributed by atoms with E-state index >= 15 is 0 Å². The fourth-order valence-electron chi connectivity index (χ4n) is 1.77. The van der Waals surface area contributed by atoms with E-state index in [0.29, 0.717) is 29.4 Å². The van der Waals surface area contributed by atoms with Gasteiger partial charge in [0, 0.05) is 11.8 Å². The zero-order valence-corrected chi connectivity index (χ0v) is 11.2. The Hall–Kier alpha value is -2.37. The Bertz CT molecular complexity index is 555. The smallest absolute Gasteiger partial charge is 0.259 e. The van der Waals surface area contributed by atoms with Gasteiger partial charge in [0.25, 0.3) is 5.91 Å². The molecule has 0 atom stereocenters. The normalized spacial score (nSPS) is 10.3. The fraction of sp³-hybridized carbons (Fsp3) is 0.308. The van der Waals surface area contributed by atoms with E-state index in [2.05, 4.69) is 20.5 Å². The number of aryl methyl sites for hydroxylation is 2. The molecule has 0 fully saturated rings. The van der Waals surface area contributed by atoms with Crippen LogP contribution in [0.2, 0.25) is 0 Å². The number of nitrogens with one attached hydrogen (secondary N) is 2. The van der Waals surface area contributed by atoms with Crippen molar-refractivity contribution in [1.82, 2.24) is 15.2 Å². The van der Waals surface area contributed by atoms with E-state index in [4.69, 9.17) is 4.74 Å². The largest absolute Gasteiger partial charge is 0.478 e. The molecule has 2 aromatic rings. The molecule has 0 aliphatic rings. The van der Waals surface area contributed by atoms with E-state index in [9.17, 15) is 4.79 Å². The van der Waals surface area contributed by atoms with Crippen molar-refractivity contribution in [2.75, 3.05) is 11.9 Å². The van der Waals surface area contributed by atoms with E-state index in [1.807, 2.05) is 13.8 Å². The maximum atomic E-state index is 12.1. The van der Waals surface area contributed by atoms with Crippen LogP contribution in [-0.2, 0) is 0 Å². The summed E-state index contributed by atoms with van der Waals surface area (Å²) >= 11 is 0. The topological polar surface area (TPSA) is 79.9 Å². The van der Waals surface area contributed by atoms with Crippen molar-refractivity contribution in [2.45, 2.75) is 20.8 Å². The zero-order valence-electron chi connectivity index (χ0n) is 11.2. The number of aromatic nitrogens is 3. The minimum Gasteiger partial charge on any atom is -0.478 e. The Morgan fingerprint density at radius 1 is 1.42 bits per heavy atom. The van der Waals surface area contributed by atoms with Crippen molar-refractivity contribution in [1.29, 1.82) is 0 Å². The van der Waals surface area contributed by atoms with Gasteiger partial charge in [0.15, 0.2) is 0 Å². The highest BCUT2D eigenvalue weighted by Crippen LogP contribution is 2.15. The first-order valence-electron chi connectivity index (χ1n) is 6.03. The molecule has 0 aliphatic carbocycles. The van der Waals surface area contributed by atoms with Crippen LogP contribution in [0.1, 0.15) is 28.7 Å². The zero-order chi connectivity index (χ0) is 13.8. The molecule has 6 nitrogen and oxygen atoms in total. The summed E-state index contributed by atoms with van der Waals surface area (Å²) in [6, 6.07) is 3.47. The standard InChI is InChI=1S/C13H16N4O2/c1-4-19-11-6-5-10(7-14-11)15-13(18)12-8(2)16-17-9(12)3/h5-7H,4H2,1-3H3,(H,15,18)(H,16,17). The summed E-state index contributed by atoms with van der Waals surface area (Å²) in [5.74, 6) is 0.339. The van der Waals surface area contributed by atoms with Gasteiger partial charge in [-0.1, -0.05) is 0 Å². The second-order valence-corrected chi connectivity index (χ2v) is 4.08. The van der Waals surface area contributed by atoms with Gasteiger partial charge in [-0.2, -0.15) is 5.10 Å². The monoisotopic (exact) mass is 260 g/mol. The van der Waals surface area contributed by atoms with E-state index in [-0.39, 0.29) is 5.91 Å². The van der Waals surface area contributed by atoms with Gasteiger partial charge in [-0.15, -0.1) is 0 Å². The maximum Gasteiger partial charge on any atom is 0.259 e. The fourth-order valence-corrected chi connectivity index (χ4v) is 1.77. The molecule has 2 rings (SSSR count). The molecule has 0 radical (unpaired) electrons. The van der Waals surface area contributed by atoms with Crippen LogP contribution in [0.4, 0.5) is 5.69 Å². The Balaban J connectivity index is 2.11. The molecule has 6 heteroatoms. The number of anilines is 1. The van der Waals surface area contributed by atoms with Gasteiger partial charge >= 0.3 is 0 Å². The highest BCUT2D eigenvalue weighted by atomic mass is 16.5. The highest BCUT2D eigenvalue weighted by Gasteiger charge is 2.15. The first kappa shape index (κ1) is 13.1. The van der Waals surface area contributed by atoms with Gasteiger partial charge in [0.05, 0.1) is 29.7 Å². The average Bonchev–Trinajstić information content (AvgIpc) is 2.72. The third kappa shape index (κ3) is 2.90. The van der Waals surface area contributed by atoms with Crippen LogP contribution in [0, 0.1) is 13.8 Å². The molecule has 2 aromatic heterocycles. The molecule has 0 saturated carbocycles. The summed E-state index contributed by atoms with van der Waals surface area (Å²) in [6.45, 7) is 6.05. The van der Waals surface area contributed by atoms with E-state index in [1.165, 1.54) is 0 Å². The third-order valence-corrected chi connectivity index (χ3v) is 2.64. The number of rotatable bonds is 4. The SMILES string of the molecule is CCOc1ccc(NC(=O)c2c(C)n[nH]c2C)cn1. The summed E-state index contributed by atoms with van der Waals surface area (Å²) in [7, 11) is 0. The second-order valence-electron chi connectivity index (χ2n) is 4.08. The summed E-state index contributed by atoms with van der Waals surface area (Å²) in [4.78, 5) is 16.2. The van der Waals surface area contributed by atoms with Crippen LogP contribution >= 0.6 is 0 Å². The molecule has 0 aromatic carbocycles. The minimum absolute atomic E-state index is 0.199. The lowest BCUT2D eigenvalue weighted by molar-refractivity contribution is 0.102. The van der Waals surface area contributed by atoms with Crippen LogP contribution in [0.15, 0.2) is 18.3 Å². The van der Waals surface area contributed by atoms with Crippen LogP contribution < -0.4 is 10.1 Å². The van der Waals surface area contributed by atoms with Crippen LogP contribution in [0.25, 0.3) is 0 Å². The van der Waals surface area contributed by atoms with Crippen molar-refractivity contribution < 1.29 is 9.53 Å². The molecule has 2 heterocycles. The Labute approximate surface area is 111 Å². The van der Waals surface area contributed by atoms with Gasteiger partial charge in [0.1, 0.15) is 0 Å². The number of H-pyrrole nitrogens is 1. The molecule has 100 valence electrons. The lowest BCUT2D eigenvalue weighted by Crippen LogP contribution is -2.13. The maximum absolute atomic E-state index is 12.1. The number of hydrogen-bond acceptors (Lipinski definition) is 4. The lowest BCUT2D eigenvalue weighted by Gasteiger charge is -2.06. The molecular weight excluding hydrogens is 244 g/mol. The van der Waals surface area contributed by atoms with Crippen molar-refractivity contribution >= 4 is 11.6 Å². The molecular formula is C13H16N4O2. The quantitative estimate of drug-likeness (QED) is 0.882. The summed E-state index contributed by atoms with van der Waals surface area (Å²) < 4.78 is 5.24. The van der Waals surface area contributed by atoms with Gasteiger partial charge in [-0.25, -0.2) is 4.98 Å². The molecule has 0 saturated heterocycles. The molecule has 0 spiro atoms. The molecule has 0 aliphatic heterocycles. The summed E-state index contributed by atoms with van der Waals surface area (Å²) in [5, 5.41) is 9.56. The first-order chi connectivity index (χ1) is 9.11. The van der Waals surface area contributed by atoms with Crippen molar-refractivity contribution in [3.8, 4) is 5.88 Å². The number of aromatic amines is 1. The number of hydrogen-bond donors (Lipinski definition) is 2. The Kier molecular flexibility index (Phi) is 3.79. The molecule has 2 N–H and O–H groups in total. The van der Waals surface area contributed by atoms with E-state index in [0.717, 1.165) is 5.69 Å². The predicted octanol–water partition coefficient (Wildman–Crippen LogP) is 2.07. The molecule has 1 amide bonds. The Morgan fingerprint density at radius 3 is 2.74 bits per heavy atom. The van der Waals surface area contributed by atoms with Crippen molar-refractivity contribution in [2.24, 2.45) is 0 Å². The van der Waals surface area contributed by atoms with Gasteiger partial charge in [0.2, 0.25) is 5.88 Å². The predicted molar refractivity (Wildman–Crippen MR) is 71.4 cm³/mol. The van der Waals surface area contributed by atoms with Crippen LogP contribution in [0.5, 0.6) is 5.88 Å². The van der Waals surface area contributed by atoms with Gasteiger partial charge in [-0.3, -0.25) is 9.89 Å². The number of nitrogens with zero attached hydrogens (tertiary/aromatic N) is 2. The number of carbonyl (C=O) groups excluding carboxylic acids is 1. The Morgan fingerprint density at radius 2 is 2.21 bits per heavy atom. The van der Waals surface area contributed by atoms with E-state index in [1.54, 1.807) is 25.3 Å². The van der Waals surface area contributed by atoms with Crippen LogP contribution in [-0.4, -0.2) is 27.7 Å². The van der Waals surface area contributed by atoms with E-state index < -0.39 is 0 Å². The number of carbonyl (C=O) groups is 1. The number of pyridine rings is 1. The first-order valence-corrected chi connectivity index (χ1v) is 6.03. The minimum atomic E-state index is -0.199. The van der Waals surface area contributed by atoms with Gasteiger partial charge < -0.3 is 10.1 Å². The average molecular weight is 260 g/mol. The molecule has 19 heavy (non-hydrogen) atoms. The highest BCUT2D eigenvalue weighted by molar-refractivity contribution is 6.05. The summed E-state index contributed by atoms with van der Waals surface area (Å²) in [5.41, 5.74) is 2.60. The number of amides is 1. The summed E-state index contributed by atoms with van der Waals surface area (Å²) in [6.07, 6.45) is 1.56. The molecule has 0 unspecified atom stereocenters. The lowest BCUT2D eigenvalue weighted by atomic mass is 10.2. The third-order valence-electron chi connectivity index (χ3n) is 2.64. The van der Waals surface area contributed by atoms with Crippen molar-refractivity contribution in [3.05, 3.63) is 35.3 Å². The second kappa shape index (κ2) is 5.51. The van der Waals surface area contributed by atoms with Crippen LogP contribution in [0.3, 0.4) is 0 Å². The number of ether oxygens (including phenoxy) is 1. The van der Waals surface area contributed by atoms with Crippen molar-refractivity contribution in [3.63, 3.8) is 0 Å².